The minimum absolute atomic E-state index is 0.0644. The molecule has 2 aromatic rings. The molecular weight excluding hydrogens is 382 g/mol. The Balaban J connectivity index is 1.65. The maximum atomic E-state index is 12.3. The highest BCUT2D eigenvalue weighted by molar-refractivity contribution is 7.99. The number of aryl methyl sites for hydroxylation is 2. The number of hydrazine groups is 1. The molecule has 1 saturated heterocycles. The summed E-state index contributed by atoms with van der Waals surface area (Å²) in [7, 11) is 0. The van der Waals surface area contributed by atoms with Gasteiger partial charge in [-0.25, -0.2) is 4.79 Å². The lowest BCUT2D eigenvalue weighted by Crippen LogP contribution is -2.49. The fourth-order valence-corrected chi connectivity index (χ4v) is 3.28. The van der Waals surface area contributed by atoms with Crippen LogP contribution in [0.25, 0.3) is 5.69 Å². The summed E-state index contributed by atoms with van der Waals surface area (Å²) in [6.45, 7) is 7.40. The second-order valence-electron chi connectivity index (χ2n) is 6.72. The van der Waals surface area contributed by atoms with Crippen LogP contribution in [0.4, 0.5) is 4.79 Å². The van der Waals surface area contributed by atoms with Crippen LogP contribution in [0.3, 0.4) is 0 Å². The first-order valence-corrected chi connectivity index (χ1v) is 9.68. The molecular formula is C17H21N7O3S. The second-order valence-corrected chi connectivity index (χ2v) is 7.66. The molecule has 2 N–H and O–H groups in total. The van der Waals surface area contributed by atoms with Crippen molar-refractivity contribution in [2.24, 2.45) is 0 Å². The van der Waals surface area contributed by atoms with Gasteiger partial charge >= 0.3 is 6.03 Å². The minimum atomic E-state index is -1.01. The van der Waals surface area contributed by atoms with E-state index in [2.05, 4.69) is 26.3 Å². The van der Waals surface area contributed by atoms with E-state index in [-0.39, 0.29) is 5.75 Å². The Labute approximate surface area is 166 Å². The topological polar surface area (TPSA) is 122 Å². The molecule has 1 aromatic heterocycles. The first-order chi connectivity index (χ1) is 13.2. The molecule has 0 saturated carbocycles. The maximum Gasteiger partial charge on any atom is 0.344 e. The number of aromatic nitrogens is 4. The lowest BCUT2D eigenvalue weighted by Gasteiger charge is -2.19. The van der Waals surface area contributed by atoms with Gasteiger partial charge < -0.3 is 5.32 Å². The van der Waals surface area contributed by atoms with E-state index in [1.807, 2.05) is 32.0 Å². The SMILES string of the molecule is CC[C@@]1(C)NC(=O)N(NC(=O)CSc2nnnn2-c2ccc(C)c(C)c2)C1=O. The van der Waals surface area contributed by atoms with Crippen LogP contribution in [0.5, 0.6) is 0 Å². The quantitative estimate of drug-likeness (QED) is 0.547. The van der Waals surface area contributed by atoms with Gasteiger partial charge in [0.2, 0.25) is 11.1 Å². The molecule has 1 aliphatic heterocycles. The first-order valence-electron chi connectivity index (χ1n) is 8.70. The van der Waals surface area contributed by atoms with Gasteiger partial charge in [0, 0.05) is 0 Å². The number of tetrazole rings is 1. The molecule has 1 fully saturated rings. The molecule has 0 aliphatic carbocycles. The zero-order valence-electron chi connectivity index (χ0n) is 16.0. The molecule has 3 rings (SSSR count). The van der Waals surface area contributed by atoms with Gasteiger partial charge in [-0.3, -0.25) is 15.0 Å². The van der Waals surface area contributed by atoms with Gasteiger partial charge in [0.15, 0.2) is 0 Å². The van der Waals surface area contributed by atoms with Gasteiger partial charge in [-0.15, -0.1) is 5.10 Å². The Kier molecular flexibility index (Phi) is 5.36. The predicted molar refractivity (Wildman–Crippen MR) is 102 cm³/mol. The lowest BCUT2D eigenvalue weighted by molar-refractivity contribution is -0.137. The number of thioether (sulfide) groups is 1. The zero-order chi connectivity index (χ0) is 20.5. The minimum Gasteiger partial charge on any atom is -0.322 e. The average Bonchev–Trinajstić information content (AvgIpc) is 3.21. The van der Waals surface area contributed by atoms with E-state index in [4.69, 9.17) is 0 Å². The van der Waals surface area contributed by atoms with Crippen molar-refractivity contribution in [3.8, 4) is 5.69 Å². The van der Waals surface area contributed by atoms with Crippen LogP contribution in [0.2, 0.25) is 0 Å². The third-order valence-electron chi connectivity index (χ3n) is 4.71. The Hall–Kier alpha value is -2.95. The molecule has 1 atom stereocenters. The van der Waals surface area contributed by atoms with Crippen LogP contribution in [-0.2, 0) is 9.59 Å². The van der Waals surface area contributed by atoms with Gasteiger partial charge in [-0.1, -0.05) is 24.8 Å². The second kappa shape index (κ2) is 7.58. The van der Waals surface area contributed by atoms with Gasteiger partial charge in [0.25, 0.3) is 5.91 Å². The third kappa shape index (κ3) is 3.70. The number of benzene rings is 1. The normalized spacial score (nSPS) is 19.1. The highest BCUT2D eigenvalue weighted by atomic mass is 32.2. The van der Waals surface area contributed by atoms with E-state index >= 15 is 0 Å². The molecule has 0 unspecified atom stereocenters. The summed E-state index contributed by atoms with van der Waals surface area (Å²) in [4.78, 5) is 36.5. The van der Waals surface area contributed by atoms with Gasteiger partial charge in [-0.05, 0) is 60.9 Å². The molecule has 148 valence electrons. The molecule has 0 bridgehead atoms. The van der Waals surface area contributed by atoms with Crippen molar-refractivity contribution >= 4 is 29.6 Å². The van der Waals surface area contributed by atoms with Crippen LogP contribution < -0.4 is 10.7 Å². The Morgan fingerprint density at radius 1 is 1.29 bits per heavy atom. The number of imide groups is 1. The Morgan fingerprint density at radius 2 is 2.04 bits per heavy atom. The molecule has 11 heteroatoms. The monoisotopic (exact) mass is 403 g/mol. The van der Waals surface area contributed by atoms with Crippen molar-refractivity contribution in [3.63, 3.8) is 0 Å². The van der Waals surface area contributed by atoms with E-state index in [1.54, 1.807) is 13.8 Å². The smallest absolute Gasteiger partial charge is 0.322 e. The predicted octanol–water partition coefficient (Wildman–Crippen LogP) is 1.12. The number of nitrogens with one attached hydrogen (secondary N) is 2. The highest BCUT2D eigenvalue weighted by Gasteiger charge is 2.47. The van der Waals surface area contributed by atoms with Gasteiger partial charge in [0.1, 0.15) is 5.54 Å². The van der Waals surface area contributed by atoms with E-state index in [9.17, 15) is 14.4 Å². The van der Waals surface area contributed by atoms with Gasteiger partial charge in [-0.2, -0.15) is 9.69 Å². The van der Waals surface area contributed by atoms with Crippen molar-refractivity contribution in [2.75, 3.05) is 5.75 Å². The van der Waals surface area contributed by atoms with E-state index in [0.717, 1.165) is 33.6 Å². The standard InChI is InChI=1S/C17H21N7O3S/c1-5-17(4)14(26)24(15(27)18-17)20-13(25)9-28-16-19-21-22-23(16)12-7-6-10(2)11(3)8-12/h6-8H,5,9H2,1-4H3,(H,18,27)(H,20,25)/t17-/m1/s1. The molecule has 0 spiro atoms. The van der Waals surface area contributed by atoms with E-state index in [0.29, 0.717) is 11.6 Å². The molecule has 1 aliphatic rings. The summed E-state index contributed by atoms with van der Waals surface area (Å²) in [5.41, 5.74) is 4.36. The average molecular weight is 403 g/mol. The fraction of sp³-hybridized carbons (Fsp3) is 0.412. The number of carbonyl (C=O) groups is 3. The van der Waals surface area contributed by atoms with Gasteiger partial charge in [0.05, 0.1) is 11.4 Å². The van der Waals surface area contributed by atoms with Crippen molar-refractivity contribution in [2.45, 2.75) is 44.8 Å². The Bertz CT molecular complexity index is 945. The number of amides is 4. The molecule has 10 nitrogen and oxygen atoms in total. The number of carbonyl (C=O) groups excluding carboxylic acids is 3. The molecule has 1 aromatic carbocycles. The Morgan fingerprint density at radius 3 is 2.68 bits per heavy atom. The van der Waals surface area contributed by atoms with Crippen molar-refractivity contribution in [1.29, 1.82) is 0 Å². The van der Waals surface area contributed by atoms with Crippen molar-refractivity contribution in [1.82, 2.24) is 36.0 Å². The third-order valence-corrected chi connectivity index (χ3v) is 5.63. The number of nitrogens with zero attached hydrogens (tertiary/aromatic N) is 5. The molecule has 2 heterocycles. The summed E-state index contributed by atoms with van der Waals surface area (Å²) in [6.07, 6.45) is 0.420. The van der Waals surface area contributed by atoms with Crippen LogP contribution in [0.15, 0.2) is 23.4 Å². The van der Waals surface area contributed by atoms with Crippen LogP contribution in [0, 0.1) is 13.8 Å². The van der Waals surface area contributed by atoms with Crippen molar-refractivity contribution in [3.05, 3.63) is 29.3 Å². The summed E-state index contributed by atoms with van der Waals surface area (Å²) in [5, 5.41) is 15.3. The summed E-state index contributed by atoms with van der Waals surface area (Å²) in [5.74, 6) is -1.06. The lowest BCUT2D eigenvalue weighted by atomic mass is 10.00. The van der Waals surface area contributed by atoms with Crippen LogP contribution >= 0.6 is 11.8 Å². The van der Waals surface area contributed by atoms with E-state index in [1.165, 1.54) is 4.68 Å². The number of rotatable bonds is 6. The summed E-state index contributed by atoms with van der Waals surface area (Å²) < 4.78 is 1.53. The summed E-state index contributed by atoms with van der Waals surface area (Å²) >= 11 is 1.10. The summed E-state index contributed by atoms with van der Waals surface area (Å²) in [6, 6.07) is 5.17. The zero-order valence-corrected chi connectivity index (χ0v) is 16.8. The maximum absolute atomic E-state index is 12.3. The van der Waals surface area contributed by atoms with Crippen LogP contribution in [0.1, 0.15) is 31.4 Å². The van der Waals surface area contributed by atoms with Crippen molar-refractivity contribution < 1.29 is 14.4 Å². The molecule has 4 amide bonds. The van der Waals surface area contributed by atoms with Crippen LogP contribution in [-0.4, -0.2) is 54.4 Å². The molecule has 28 heavy (non-hydrogen) atoms. The highest BCUT2D eigenvalue weighted by Crippen LogP contribution is 2.21. The fourth-order valence-electron chi connectivity index (χ4n) is 2.60. The number of hydrogen-bond donors (Lipinski definition) is 2. The number of urea groups is 1. The molecule has 0 radical (unpaired) electrons. The number of hydrogen-bond acceptors (Lipinski definition) is 7. The van der Waals surface area contributed by atoms with E-state index < -0.39 is 23.4 Å². The first kappa shape index (κ1) is 19.8. The largest absolute Gasteiger partial charge is 0.344 e.